The minimum atomic E-state index is -0.0630. The van der Waals surface area contributed by atoms with Gasteiger partial charge in [0.1, 0.15) is 0 Å². The second-order valence-corrected chi connectivity index (χ2v) is 3.97. The molecule has 0 aromatic carbocycles. The first-order valence-corrected chi connectivity index (χ1v) is 5.38. The lowest BCUT2D eigenvalue weighted by Crippen LogP contribution is -2.24. The van der Waals surface area contributed by atoms with E-state index in [0.717, 1.165) is 25.0 Å². The zero-order chi connectivity index (χ0) is 10.8. The van der Waals surface area contributed by atoms with Crippen LogP contribution >= 0.6 is 0 Å². The number of hydrogen-bond donors (Lipinski definition) is 0. The molecular formula is C11H16N2O2. The Balaban J connectivity index is 2.08. The van der Waals surface area contributed by atoms with E-state index < -0.39 is 0 Å². The van der Waals surface area contributed by atoms with Gasteiger partial charge in [-0.1, -0.05) is 0 Å². The van der Waals surface area contributed by atoms with E-state index in [0.29, 0.717) is 6.61 Å². The lowest BCUT2D eigenvalue weighted by Gasteiger charge is -2.19. The first kappa shape index (κ1) is 10.2. The summed E-state index contributed by atoms with van der Waals surface area (Å²) in [5, 5.41) is 4.36. The molecule has 0 saturated carbocycles. The minimum absolute atomic E-state index is 0.0293. The van der Waals surface area contributed by atoms with Crippen LogP contribution in [0.4, 0.5) is 0 Å². The van der Waals surface area contributed by atoms with E-state index in [2.05, 4.69) is 5.10 Å². The molecule has 4 heteroatoms. The van der Waals surface area contributed by atoms with Gasteiger partial charge in [-0.2, -0.15) is 5.10 Å². The van der Waals surface area contributed by atoms with Crippen molar-refractivity contribution in [2.24, 2.45) is 13.0 Å². The first-order chi connectivity index (χ1) is 7.20. The molecule has 1 aliphatic carbocycles. The Hall–Kier alpha value is -1.32. The maximum Gasteiger partial charge on any atom is 0.309 e. The van der Waals surface area contributed by atoms with Crippen molar-refractivity contribution in [3.8, 4) is 0 Å². The highest BCUT2D eigenvalue weighted by Crippen LogP contribution is 2.25. The SMILES string of the molecule is CCOC(=O)C1CCc2nn(C)cc2C1. The normalized spacial score (nSPS) is 19.7. The number of rotatable bonds is 2. The molecule has 1 aliphatic rings. The van der Waals surface area contributed by atoms with Crippen molar-refractivity contribution in [3.63, 3.8) is 0 Å². The van der Waals surface area contributed by atoms with Gasteiger partial charge in [0.2, 0.25) is 0 Å². The van der Waals surface area contributed by atoms with Crippen molar-refractivity contribution in [1.82, 2.24) is 9.78 Å². The van der Waals surface area contributed by atoms with E-state index in [1.165, 1.54) is 5.56 Å². The van der Waals surface area contributed by atoms with Crippen LogP contribution in [0.15, 0.2) is 6.20 Å². The zero-order valence-corrected chi connectivity index (χ0v) is 9.19. The summed E-state index contributed by atoms with van der Waals surface area (Å²) < 4.78 is 6.85. The average Bonchev–Trinajstić information content (AvgIpc) is 2.57. The number of aryl methyl sites for hydroxylation is 2. The summed E-state index contributed by atoms with van der Waals surface area (Å²) in [4.78, 5) is 11.6. The molecule has 1 aromatic rings. The predicted molar refractivity (Wildman–Crippen MR) is 55.4 cm³/mol. The summed E-state index contributed by atoms with van der Waals surface area (Å²) in [6.45, 7) is 2.31. The molecule has 15 heavy (non-hydrogen) atoms. The first-order valence-electron chi connectivity index (χ1n) is 5.38. The molecule has 1 atom stereocenters. The molecular weight excluding hydrogens is 192 g/mol. The lowest BCUT2D eigenvalue weighted by atomic mass is 9.88. The van der Waals surface area contributed by atoms with Gasteiger partial charge < -0.3 is 4.74 Å². The van der Waals surface area contributed by atoms with E-state index in [-0.39, 0.29) is 11.9 Å². The number of aromatic nitrogens is 2. The maximum atomic E-state index is 11.6. The second kappa shape index (κ2) is 4.04. The quantitative estimate of drug-likeness (QED) is 0.683. The molecule has 0 radical (unpaired) electrons. The van der Waals surface area contributed by atoms with Crippen LogP contribution < -0.4 is 0 Å². The van der Waals surface area contributed by atoms with E-state index in [9.17, 15) is 4.79 Å². The van der Waals surface area contributed by atoms with Crippen LogP contribution in [-0.2, 0) is 29.4 Å². The van der Waals surface area contributed by atoms with E-state index in [1.807, 2.05) is 24.9 Å². The molecule has 4 nitrogen and oxygen atoms in total. The number of nitrogens with zero attached hydrogens (tertiary/aromatic N) is 2. The summed E-state index contributed by atoms with van der Waals surface area (Å²) in [6, 6.07) is 0. The summed E-state index contributed by atoms with van der Waals surface area (Å²) in [5.74, 6) is -0.0337. The number of fused-ring (bicyclic) bond motifs is 1. The van der Waals surface area contributed by atoms with Crippen molar-refractivity contribution in [2.45, 2.75) is 26.2 Å². The maximum absolute atomic E-state index is 11.6. The number of carbonyl (C=O) groups is 1. The molecule has 0 amide bonds. The van der Waals surface area contributed by atoms with Crippen LogP contribution in [0.25, 0.3) is 0 Å². The Kier molecular flexibility index (Phi) is 2.75. The van der Waals surface area contributed by atoms with Crippen LogP contribution in [-0.4, -0.2) is 22.4 Å². The van der Waals surface area contributed by atoms with Gasteiger partial charge in [-0.25, -0.2) is 0 Å². The highest BCUT2D eigenvalue weighted by Gasteiger charge is 2.27. The Labute approximate surface area is 89.2 Å². The van der Waals surface area contributed by atoms with Gasteiger partial charge in [-0.15, -0.1) is 0 Å². The number of ether oxygens (including phenoxy) is 1. The summed E-state index contributed by atoms with van der Waals surface area (Å²) in [7, 11) is 1.91. The molecule has 82 valence electrons. The highest BCUT2D eigenvalue weighted by molar-refractivity contribution is 5.73. The fourth-order valence-corrected chi connectivity index (χ4v) is 2.10. The van der Waals surface area contributed by atoms with Crippen LogP contribution in [0.2, 0.25) is 0 Å². The third kappa shape index (κ3) is 2.03. The molecule has 1 aromatic heterocycles. The largest absolute Gasteiger partial charge is 0.466 e. The molecule has 0 fully saturated rings. The highest BCUT2D eigenvalue weighted by atomic mass is 16.5. The van der Waals surface area contributed by atoms with E-state index in [1.54, 1.807) is 0 Å². The van der Waals surface area contributed by atoms with Crippen molar-refractivity contribution < 1.29 is 9.53 Å². The molecule has 1 heterocycles. The molecule has 2 rings (SSSR count). The Morgan fingerprint density at radius 3 is 3.27 bits per heavy atom. The smallest absolute Gasteiger partial charge is 0.309 e. The van der Waals surface area contributed by atoms with Gasteiger partial charge in [0.25, 0.3) is 0 Å². The summed E-state index contributed by atoms with van der Waals surface area (Å²) in [6.07, 6.45) is 4.53. The van der Waals surface area contributed by atoms with Gasteiger partial charge in [-0.3, -0.25) is 9.48 Å². The Morgan fingerprint density at radius 1 is 1.73 bits per heavy atom. The van der Waals surface area contributed by atoms with Crippen LogP contribution in [0, 0.1) is 5.92 Å². The molecule has 0 bridgehead atoms. The summed E-state index contributed by atoms with van der Waals surface area (Å²) >= 11 is 0. The molecule has 0 aliphatic heterocycles. The standard InChI is InChI=1S/C11H16N2O2/c1-3-15-11(14)8-4-5-10-9(6-8)7-13(2)12-10/h7-8H,3-6H2,1-2H3. The Bertz CT molecular complexity index is 371. The van der Waals surface area contributed by atoms with Gasteiger partial charge in [0, 0.05) is 13.2 Å². The van der Waals surface area contributed by atoms with Crippen LogP contribution in [0.5, 0.6) is 0 Å². The molecule has 1 unspecified atom stereocenters. The zero-order valence-electron chi connectivity index (χ0n) is 9.19. The van der Waals surface area contributed by atoms with Crippen molar-refractivity contribution in [1.29, 1.82) is 0 Å². The molecule has 0 saturated heterocycles. The monoisotopic (exact) mass is 208 g/mol. The van der Waals surface area contributed by atoms with Crippen LogP contribution in [0.1, 0.15) is 24.6 Å². The van der Waals surface area contributed by atoms with Gasteiger partial charge in [-0.05, 0) is 31.7 Å². The Morgan fingerprint density at radius 2 is 2.53 bits per heavy atom. The second-order valence-electron chi connectivity index (χ2n) is 3.97. The van der Waals surface area contributed by atoms with Gasteiger partial charge in [0.05, 0.1) is 18.2 Å². The number of carbonyl (C=O) groups excluding carboxylic acids is 1. The van der Waals surface area contributed by atoms with Crippen LogP contribution in [0.3, 0.4) is 0 Å². The van der Waals surface area contributed by atoms with Crippen molar-refractivity contribution >= 4 is 5.97 Å². The van der Waals surface area contributed by atoms with Crippen molar-refractivity contribution in [3.05, 3.63) is 17.5 Å². The number of hydrogen-bond acceptors (Lipinski definition) is 3. The fraction of sp³-hybridized carbons (Fsp3) is 0.636. The van der Waals surface area contributed by atoms with Gasteiger partial charge >= 0.3 is 5.97 Å². The topological polar surface area (TPSA) is 44.1 Å². The lowest BCUT2D eigenvalue weighted by molar-refractivity contribution is -0.148. The number of esters is 1. The molecule has 0 spiro atoms. The van der Waals surface area contributed by atoms with Gasteiger partial charge in [0.15, 0.2) is 0 Å². The van der Waals surface area contributed by atoms with E-state index in [4.69, 9.17) is 4.74 Å². The molecule has 0 N–H and O–H groups in total. The summed E-state index contributed by atoms with van der Waals surface area (Å²) in [5.41, 5.74) is 2.33. The van der Waals surface area contributed by atoms with E-state index >= 15 is 0 Å². The average molecular weight is 208 g/mol. The van der Waals surface area contributed by atoms with Crippen molar-refractivity contribution in [2.75, 3.05) is 6.61 Å². The third-order valence-electron chi connectivity index (χ3n) is 2.81. The third-order valence-corrected chi connectivity index (χ3v) is 2.81. The fourth-order valence-electron chi connectivity index (χ4n) is 2.10. The predicted octanol–water partition coefficient (Wildman–Crippen LogP) is 1.09. The minimum Gasteiger partial charge on any atom is -0.466 e.